The molecule has 1 atom stereocenters. The van der Waals surface area contributed by atoms with Gasteiger partial charge < -0.3 is 5.32 Å². The van der Waals surface area contributed by atoms with Gasteiger partial charge in [-0.2, -0.15) is 0 Å². The lowest BCUT2D eigenvalue weighted by molar-refractivity contribution is 0.542. The summed E-state index contributed by atoms with van der Waals surface area (Å²) in [6.07, 6.45) is 0.888. The number of halogens is 3. The Kier molecular flexibility index (Phi) is 5.58. The van der Waals surface area contributed by atoms with E-state index in [9.17, 15) is 4.39 Å². The van der Waals surface area contributed by atoms with Crippen LogP contribution < -0.4 is 5.32 Å². The van der Waals surface area contributed by atoms with Crippen LogP contribution in [0.3, 0.4) is 0 Å². The molecular weight excluding hydrogens is 341 g/mol. The predicted octanol–water partition coefficient (Wildman–Crippen LogP) is 4.96. The van der Waals surface area contributed by atoms with Crippen molar-refractivity contribution in [2.24, 2.45) is 0 Å². The normalized spacial score (nSPS) is 12.4. The van der Waals surface area contributed by atoms with Gasteiger partial charge >= 0.3 is 0 Å². The summed E-state index contributed by atoms with van der Waals surface area (Å²) < 4.78 is 13.9. The minimum Gasteiger partial charge on any atom is -0.310 e. The van der Waals surface area contributed by atoms with Gasteiger partial charge in [-0.05, 0) is 64.7 Å². The van der Waals surface area contributed by atoms with Gasteiger partial charge in [-0.25, -0.2) is 4.39 Å². The summed E-state index contributed by atoms with van der Waals surface area (Å²) in [5.41, 5.74) is 2.13. The molecule has 0 spiro atoms. The Morgan fingerprint density at radius 1 is 1.20 bits per heavy atom. The highest BCUT2D eigenvalue weighted by Crippen LogP contribution is 2.16. The van der Waals surface area contributed by atoms with Crippen LogP contribution in [0.4, 0.5) is 4.39 Å². The molecule has 0 aliphatic rings. The zero-order valence-electron chi connectivity index (χ0n) is 11.2. The van der Waals surface area contributed by atoms with Crippen LogP contribution in [0.1, 0.15) is 18.1 Å². The highest BCUT2D eigenvalue weighted by Gasteiger charge is 2.05. The Labute approximate surface area is 132 Å². The van der Waals surface area contributed by atoms with E-state index in [-0.39, 0.29) is 5.82 Å². The molecule has 1 N–H and O–H groups in total. The molecule has 2 rings (SSSR count). The molecule has 1 unspecified atom stereocenters. The summed E-state index contributed by atoms with van der Waals surface area (Å²) in [6.45, 7) is 2.75. The van der Waals surface area contributed by atoms with Gasteiger partial charge in [-0.1, -0.05) is 29.8 Å². The Morgan fingerprint density at radius 2 is 2.00 bits per heavy atom. The largest absolute Gasteiger partial charge is 0.310 e. The monoisotopic (exact) mass is 355 g/mol. The van der Waals surface area contributed by atoms with Crippen molar-refractivity contribution in [3.63, 3.8) is 0 Å². The summed E-state index contributed by atoms with van der Waals surface area (Å²) >= 11 is 9.12. The second-order valence-corrected chi connectivity index (χ2v) is 6.16. The summed E-state index contributed by atoms with van der Waals surface area (Å²) in [5, 5.41) is 4.14. The molecule has 2 aromatic rings. The van der Waals surface area contributed by atoms with Crippen LogP contribution in [-0.2, 0) is 13.0 Å². The van der Waals surface area contributed by atoms with Crippen molar-refractivity contribution in [1.82, 2.24) is 5.32 Å². The molecular formula is C16H16BrClFN. The van der Waals surface area contributed by atoms with Crippen molar-refractivity contribution < 1.29 is 4.39 Å². The molecule has 0 aromatic heterocycles. The minimum absolute atomic E-state index is 0.230. The smallest absolute Gasteiger partial charge is 0.137 e. The number of hydrogen-bond acceptors (Lipinski definition) is 1. The minimum atomic E-state index is -0.230. The third kappa shape index (κ3) is 4.58. The van der Waals surface area contributed by atoms with Gasteiger partial charge in [-0.3, -0.25) is 0 Å². The molecule has 0 bridgehead atoms. The van der Waals surface area contributed by atoms with Crippen molar-refractivity contribution >= 4 is 27.5 Å². The molecule has 1 nitrogen and oxygen atoms in total. The van der Waals surface area contributed by atoms with E-state index in [1.54, 1.807) is 12.1 Å². The number of nitrogens with one attached hydrogen (secondary N) is 1. The number of hydrogen-bond donors (Lipinski definition) is 1. The Morgan fingerprint density at radius 3 is 2.70 bits per heavy atom. The highest BCUT2D eigenvalue weighted by molar-refractivity contribution is 9.10. The molecule has 0 saturated heterocycles. The molecule has 0 radical (unpaired) electrons. The molecule has 20 heavy (non-hydrogen) atoms. The van der Waals surface area contributed by atoms with Crippen LogP contribution in [0.25, 0.3) is 0 Å². The van der Waals surface area contributed by atoms with E-state index in [1.165, 1.54) is 5.56 Å². The fourth-order valence-corrected chi connectivity index (χ4v) is 2.49. The standard InChI is InChI=1S/C16H16BrClFN/c1-11(7-12-3-2-4-14(18)8-12)20-10-13-5-6-15(17)16(19)9-13/h2-6,8-9,11,20H,7,10H2,1H3. The fraction of sp³-hybridized carbons (Fsp3) is 0.250. The van der Waals surface area contributed by atoms with Gasteiger partial charge in [0, 0.05) is 17.6 Å². The summed E-state index contributed by atoms with van der Waals surface area (Å²) in [4.78, 5) is 0. The maximum atomic E-state index is 13.4. The van der Waals surface area contributed by atoms with E-state index in [4.69, 9.17) is 11.6 Å². The van der Waals surface area contributed by atoms with E-state index in [0.29, 0.717) is 17.1 Å². The zero-order valence-corrected chi connectivity index (χ0v) is 13.5. The second kappa shape index (κ2) is 7.21. The molecule has 4 heteroatoms. The van der Waals surface area contributed by atoms with Crippen LogP contribution in [0, 0.1) is 5.82 Å². The molecule has 2 aromatic carbocycles. The van der Waals surface area contributed by atoms with Gasteiger partial charge in [0.1, 0.15) is 5.82 Å². The Hall–Kier alpha value is -0.900. The third-order valence-corrected chi connectivity index (χ3v) is 3.95. The van der Waals surface area contributed by atoms with E-state index in [0.717, 1.165) is 17.0 Å². The van der Waals surface area contributed by atoms with Crippen molar-refractivity contribution in [2.45, 2.75) is 25.9 Å². The van der Waals surface area contributed by atoms with Crippen LogP contribution in [-0.4, -0.2) is 6.04 Å². The van der Waals surface area contributed by atoms with Crippen molar-refractivity contribution in [2.75, 3.05) is 0 Å². The zero-order chi connectivity index (χ0) is 14.5. The molecule has 0 saturated carbocycles. The van der Waals surface area contributed by atoms with Crippen LogP contribution in [0.2, 0.25) is 5.02 Å². The lowest BCUT2D eigenvalue weighted by Gasteiger charge is -2.14. The molecule has 0 aliphatic carbocycles. The lowest BCUT2D eigenvalue weighted by atomic mass is 10.1. The first-order valence-corrected chi connectivity index (χ1v) is 7.63. The number of benzene rings is 2. The van der Waals surface area contributed by atoms with Crippen molar-refractivity contribution in [1.29, 1.82) is 0 Å². The predicted molar refractivity (Wildman–Crippen MR) is 85.6 cm³/mol. The van der Waals surface area contributed by atoms with Gasteiger partial charge in [-0.15, -0.1) is 0 Å². The Balaban J connectivity index is 1.88. The first-order valence-electron chi connectivity index (χ1n) is 6.46. The van der Waals surface area contributed by atoms with Gasteiger partial charge in [0.25, 0.3) is 0 Å². The van der Waals surface area contributed by atoms with Crippen LogP contribution in [0.5, 0.6) is 0 Å². The van der Waals surface area contributed by atoms with Crippen LogP contribution >= 0.6 is 27.5 Å². The SMILES string of the molecule is CC(Cc1cccc(Cl)c1)NCc1ccc(Br)c(F)c1. The van der Waals surface area contributed by atoms with E-state index < -0.39 is 0 Å². The highest BCUT2D eigenvalue weighted by atomic mass is 79.9. The van der Waals surface area contributed by atoms with E-state index in [1.807, 2.05) is 24.3 Å². The van der Waals surface area contributed by atoms with Crippen molar-refractivity contribution in [3.8, 4) is 0 Å². The first-order chi connectivity index (χ1) is 9.54. The maximum absolute atomic E-state index is 13.4. The summed E-state index contributed by atoms with van der Waals surface area (Å²) in [6, 6.07) is 13.3. The van der Waals surface area contributed by atoms with Gasteiger partial charge in [0.05, 0.1) is 4.47 Å². The summed E-state index contributed by atoms with van der Waals surface area (Å²) in [5.74, 6) is -0.230. The molecule has 0 heterocycles. The molecule has 0 amide bonds. The maximum Gasteiger partial charge on any atom is 0.137 e. The van der Waals surface area contributed by atoms with E-state index in [2.05, 4.69) is 34.2 Å². The molecule has 106 valence electrons. The average Bonchev–Trinajstić information content (AvgIpc) is 2.40. The lowest BCUT2D eigenvalue weighted by Crippen LogP contribution is -2.27. The summed E-state index contributed by atoms with van der Waals surface area (Å²) in [7, 11) is 0. The molecule has 0 aliphatic heterocycles. The quantitative estimate of drug-likeness (QED) is 0.798. The van der Waals surface area contributed by atoms with Crippen molar-refractivity contribution in [3.05, 3.63) is 68.9 Å². The average molecular weight is 357 g/mol. The fourth-order valence-electron chi connectivity index (χ4n) is 2.03. The Bertz CT molecular complexity index is 588. The van der Waals surface area contributed by atoms with E-state index >= 15 is 0 Å². The second-order valence-electron chi connectivity index (χ2n) is 4.86. The first kappa shape index (κ1) is 15.5. The van der Waals surface area contributed by atoms with Crippen LogP contribution in [0.15, 0.2) is 46.9 Å². The van der Waals surface area contributed by atoms with Gasteiger partial charge in [0.2, 0.25) is 0 Å². The topological polar surface area (TPSA) is 12.0 Å². The number of rotatable bonds is 5. The third-order valence-electron chi connectivity index (χ3n) is 3.07. The molecule has 0 fully saturated rings. The van der Waals surface area contributed by atoms with Gasteiger partial charge in [0.15, 0.2) is 0 Å².